The number of benzene rings is 2. The van der Waals surface area contributed by atoms with Gasteiger partial charge in [-0.05, 0) is 36.4 Å². The second-order valence-corrected chi connectivity index (χ2v) is 5.19. The largest absolute Gasteiger partial charge is 0.497 e. The normalized spacial score (nSPS) is 10.5. The van der Waals surface area contributed by atoms with Crippen molar-refractivity contribution in [2.75, 3.05) is 35.5 Å². The Bertz CT molecular complexity index is 810. The summed E-state index contributed by atoms with van der Waals surface area (Å²) in [5, 5.41) is 0. The Morgan fingerprint density at radius 1 is 0.769 bits per heavy atom. The molecule has 0 saturated carbocycles. The molecular weight excluding hydrogens is 336 g/mol. The minimum atomic E-state index is -0.207. The first-order valence-corrected chi connectivity index (χ1v) is 7.83. The number of carbonyl (C=O) groups is 1. The lowest BCUT2D eigenvalue weighted by molar-refractivity contribution is 0.104. The van der Waals surface area contributed by atoms with Crippen LogP contribution in [-0.2, 0) is 0 Å². The molecule has 26 heavy (non-hydrogen) atoms. The van der Waals surface area contributed by atoms with Crippen LogP contribution in [0, 0.1) is 0 Å². The van der Waals surface area contributed by atoms with Crippen LogP contribution in [0.2, 0.25) is 0 Å². The van der Waals surface area contributed by atoms with Crippen LogP contribution < -0.4 is 23.7 Å². The zero-order valence-electron chi connectivity index (χ0n) is 15.5. The third kappa shape index (κ3) is 3.91. The molecule has 0 atom stereocenters. The fourth-order valence-electron chi connectivity index (χ4n) is 2.51. The monoisotopic (exact) mass is 358 g/mol. The van der Waals surface area contributed by atoms with Gasteiger partial charge in [-0.2, -0.15) is 0 Å². The maximum absolute atomic E-state index is 12.6. The van der Waals surface area contributed by atoms with Crippen LogP contribution in [0.4, 0.5) is 0 Å². The van der Waals surface area contributed by atoms with Gasteiger partial charge in [-0.1, -0.05) is 0 Å². The average Bonchev–Trinajstić information content (AvgIpc) is 2.70. The molecule has 0 spiro atoms. The number of allylic oxidation sites excluding steroid dienone is 1. The fourth-order valence-corrected chi connectivity index (χ4v) is 2.51. The fraction of sp³-hybridized carbons (Fsp3) is 0.250. The smallest absolute Gasteiger partial charge is 0.203 e. The quantitative estimate of drug-likeness (QED) is 0.530. The summed E-state index contributed by atoms with van der Waals surface area (Å²) >= 11 is 0. The van der Waals surface area contributed by atoms with E-state index >= 15 is 0 Å². The maximum Gasteiger partial charge on any atom is 0.203 e. The molecule has 0 amide bonds. The summed E-state index contributed by atoms with van der Waals surface area (Å²) in [5.41, 5.74) is 1.12. The van der Waals surface area contributed by atoms with Crippen LogP contribution in [0.3, 0.4) is 0 Å². The highest BCUT2D eigenvalue weighted by Gasteiger charge is 2.15. The Morgan fingerprint density at radius 3 is 2.04 bits per heavy atom. The molecule has 0 radical (unpaired) electrons. The van der Waals surface area contributed by atoms with Crippen molar-refractivity contribution in [2.45, 2.75) is 0 Å². The molecular formula is C20H22O6. The molecule has 0 bridgehead atoms. The molecule has 0 saturated heterocycles. The van der Waals surface area contributed by atoms with Crippen molar-refractivity contribution >= 4 is 11.9 Å². The Morgan fingerprint density at radius 2 is 1.46 bits per heavy atom. The molecule has 0 aromatic heterocycles. The number of hydrogen-bond acceptors (Lipinski definition) is 6. The maximum atomic E-state index is 12.6. The molecule has 138 valence electrons. The minimum Gasteiger partial charge on any atom is -0.497 e. The van der Waals surface area contributed by atoms with E-state index in [1.54, 1.807) is 50.6 Å². The van der Waals surface area contributed by atoms with E-state index < -0.39 is 0 Å². The van der Waals surface area contributed by atoms with E-state index in [0.717, 1.165) is 0 Å². The minimum absolute atomic E-state index is 0.207. The molecule has 6 heteroatoms. The molecule has 0 N–H and O–H groups in total. The van der Waals surface area contributed by atoms with Crippen LogP contribution in [0.5, 0.6) is 28.7 Å². The SMILES string of the molecule is COc1ccc(C(=O)/C=C/c2ccc(OC)c(OC)c2OC)c(OC)c1. The zero-order valence-corrected chi connectivity index (χ0v) is 15.5. The van der Waals surface area contributed by atoms with Gasteiger partial charge in [-0.15, -0.1) is 0 Å². The van der Waals surface area contributed by atoms with Gasteiger partial charge in [0.05, 0.1) is 41.1 Å². The van der Waals surface area contributed by atoms with Gasteiger partial charge in [0.15, 0.2) is 17.3 Å². The van der Waals surface area contributed by atoms with E-state index in [-0.39, 0.29) is 5.78 Å². The van der Waals surface area contributed by atoms with E-state index in [2.05, 4.69) is 0 Å². The third-order valence-corrected chi connectivity index (χ3v) is 3.82. The number of ketones is 1. The number of rotatable bonds is 8. The summed E-state index contributed by atoms with van der Waals surface area (Å²) < 4.78 is 26.4. The van der Waals surface area contributed by atoms with Crippen molar-refractivity contribution in [3.05, 3.63) is 47.5 Å². The van der Waals surface area contributed by atoms with Crippen LogP contribution in [0.1, 0.15) is 15.9 Å². The highest BCUT2D eigenvalue weighted by Crippen LogP contribution is 2.40. The molecule has 0 aliphatic heterocycles. The standard InChI is InChI=1S/C20H22O6/c1-22-14-8-9-15(18(12-14)24-3)16(21)10-6-13-7-11-17(23-2)20(26-5)19(13)25-4/h6-12H,1-5H3/b10-6+. The van der Waals surface area contributed by atoms with Gasteiger partial charge >= 0.3 is 0 Å². The predicted molar refractivity (Wildman–Crippen MR) is 99.0 cm³/mol. The summed E-state index contributed by atoms with van der Waals surface area (Å²) in [4.78, 5) is 12.6. The highest BCUT2D eigenvalue weighted by atomic mass is 16.5. The molecule has 0 unspecified atom stereocenters. The molecule has 2 rings (SSSR count). The van der Waals surface area contributed by atoms with E-state index in [1.165, 1.54) is 27.4 Å². The first-order chi connectivity index (χ1) is 12.6. The average molecular weight is 358 g/mol. The van der Waals surface area contributed by atoms with Crippen molar-refractivity contribution in [1.29, 1.82) is 0 Å². The highest BCUT2D eigenvalue weighted by molar-refractivity contribution is 6.09. The van der Waals surface area contributed by atoms with Crippen molar-refractivity contribution in [3.63, 3.8) is 0 Å². The molecule has 0 heterocycles. The Hall–Kier alpha value is -3.15. The molecule has 2 aromatic rings. The first kappa shape index (κ1) is 19.2. The van der Waals surface area contributed by atoms with Crippen molar-refractivity contribution in [2.24, 2.45) is 0 Å². The van der Waals surface area contributed by atoms with Crippen LogP contribution in [0.15, 0.2) is 36.4 Å². The zero-order chi connectivity index (χ0) is 19.1. The predicted octanol–water partition coefficient (Wildman–Crippen LogP) is 3.63. The Kier molecular flexibility index (Phi) is 6.49. The summed E-state index contributed by atoms with van der Waals surface area (Å²) in [6.07, 6.45) is 3.11. The van der Waals surface area contributed by atoms with E-state index in [4.69, 9.17) is 23.7 Å². The molecule has 0 aliphatic carbocycles. The Balaban J connectivity index is 2.37. The van der Waals surface area contributed by atoms with Gasteiger partial charge in [0.2, 0.25) is 5.75 Å². The molecule has 0 fully saturated rings. The topological polar surface area (TPSA) is 63.2 Å². The summed E-state index contributed by atoms with van der Waals surface area (Å²) in [6, 6.07) is 8.57. The van der Waals surface area contributed by atoms with E-state index in [1.807, 2.05) is 0 Å². The van der Waals surface area contributed by atoms with Gasteiger partial charge in [0.1, 0.15) is 11.5 Å². The lowest BCUT2D eigenvalue weighted by Gasteiger charge is -2.14. The number of hydrogen-bond donors (Lipinski definition) is 0. The van der Waals surface area contributed by atoms with Gasteiger partial charge in [-0.25, -0.2) is 0 Å². The lowest BCUT2D eigenvalue weighted by atomic mass is 10.1. The third-order valence-electron chi connectivity index (χ3n) is 3.82. The summed E-state index contributed by atoms with van der Waals surface area (Å²) in [7, 11) is 7.67. The van der Waals surface area contributed by atoms with Crippen molar-refractivity contribution in [1.82, 2.24) is 0 Å². The number of ether oxygens (including phenoxy) is 5. The van der Waals surface area contributed by atoms with Crippen LogP contribution >= 0.6 is 0 Å². The molecule has 2 aromatic carbocycles. The Labute approximate surface area is 152 Å². The van der Waals surface area contributed by atoms with Gasteiger partial charge in [-0.3, -0.25) is 4.79 Å². The van der Waals surface area contributed by atoms with Crippen molar-refractivity contribution < 1.29 is 28.5 Å². The van der Waals surface area contributed by atoms with Gasteiger partial charge in [0, 0.05) is 11.6 Å². The van der Waals surface area contributed by atoms with Crippen LogP contribution in [0.25, 0.3) is 6.08 Å². The van der Waals surface area contributed by atoms with Crippen molar-refractivity contribution in [3.8, 4) is 28.7 Å². The summed E-state index contributed by atoms with van der Waals surface area (Å²) in [6.45, 7) is 0. The van der Waals surface area contributed by atoms with E-state index in [9.17, 15) is 4.79 Å². The lowest BCUT2D eigenvalue weighted by Crippen LogP contribution is -2.00. The first-order valence-electron chi connectivity index (χ1n) is 7.83. The van der Waals surface area contributed by atoms with Gasteiger partial charge in [0.25, 0.3) is 0 Å². The molecule has 6 nitrogen and oxygen atoms in total. The number of methoxy groups -OCH3 is 5. The number of carbonyl (C=O) groups excluding carboxylic acids is 1. The second-order valence-electron chi connectivity index (χ2n) is 5.19. The van der Waals surface area contributed by atoms with E-state index in [0.29, 0.717) is 39.9 Å². The summed E-state index contributed by atoms with van der Waals surface area (Å²) in [5.74, 6) is 2.34. The van der Waals surface area contributed by atoms with Gasteiger partial charge < -0.3 is 23.7 Å². The second kappa shape index (κ2) is 8.80. The molecule has 0 aliphatic rings. The van der Waals surface area contributed by atoms with Crippen LogP contribution in [-0.4, -0.2) is 41.3 Å².